The number of aromatic nitrogens is 2. The fraction of sp³-hybridized carbons (Fsp3) is 0.308. The lowest BCUT2D eigenvalue weighted by molar-refractivity contribution is -0.119. The second kappa shape index (κ2) is 5.60. The summed E-state index contributed by atoms with van der Waals surface area (Å²) in [6.07, 6.45) is 1.63. The van der Waals surface area contributed by atoms with Crippen molar-refractivity contribution in [3.8, 4) is 0 Å². The minimum absolute atomic E-state index is 0.0485. The van der Waals surface area contributed by atoms with E-state index in [1.165, 1.54) is 9.30 Å². The monoisotopic (exact) mass is 276 g/mol. The van der Waals surface area contributed by atoms with Crippen molar-refractivity contribution in [1.82, 2.24) is 14.7 Å². The summed E-state index contributed by atoms with van der Waals surface area (Å²) >= 11 is 0. The van der Waals surface area contributed by atoms with E-state index in [4.69, 9.17) is 0 Å². The average molecular weight is 276 g/mol. The van der Waals surface area contributed by atoms with Crippen molar-refractivity contribution in [2.24, 2.45) is 0 Å². The number of anilines is 1. The van der Waals surface area contributed by atoms with Crippen molar-refractivity contribution in [2.75, 3.05) is 25.0 Å². The molecule has 0 unspecified atom stereocenters. The number of aromatic carboxylic acids is 1. The normalized spacial score (nSPS) is 10.5. The molecule has 2 aromatic rings. The van der Waals surface area contributed by atoms with Crippen LogP contribution in [0.5, 0.6) is 0 Å². The maximum absolute atomic E-state index is 11.6. The minimum Gasteiger partial charge on any atom is -0.476 e. The summed E-state index contributed by atoms with van der Waals surface area (Å²) in [5, 5.41) is 12.0. The molecule has 0 radical (unpaired) electrons. The highest BCUT2D eigenvalue weighted by Crippen LogP contribution is 2.20. The molecule has 0 aliphatic rings. The Labute approximate surface area is 115 Å². The Bertz CT molecular complexity index is 650. The van der Waals surface area contributed by atoms with E-state index in [0.717, 1.165) is 0 Å². The summed E-state index contributed by atoms with van der Waals surface area (Å²) < 4.78 is 1.49. The van der Waals surface area contributed by atoms with Gasteiger partial charge in [-0.2, -0.15) is 0 Å². The smallest absolute Gasteiger partial charge is 0.356 e. The lowest BCUT2D eigenvalue weighted by Crippen LogP contribution is -2.35. The summed E-state index contributed by atoms with van der Waals surface area (Å²) in [6, 6.07) is 5.23. The molecular weight excluding hydrogens is 260 g/mol. The molecule has 0 atom stereocenters. The highest BCUT2D eigenvalue weighted by atomic mass is 16.4. The van der Waals surface area contributed by atoms with Crippen molar-refractivity contribution in [3.63, 3.8) is 0 Å². The number of carbonyl (C=O) groups excluding carboxylic acids is 1. The highest BCUT2D eigenvalue weighted by molar-refractivity contribution is 5.94. The Morgan fingerprint density at radius 3 is 2.85 bits per heavy atom. The Kier molecular flexibility index (Phi) is 3.88. The first-order chi connectivity index (χ1) is 9.54. The lowest BCUT2D eigenvalue weighted by atomic mass is 10.3. The third kappa shape index (κ3) is 2.56. The molecular formula is C13H16N4O3. The highest BCUT2D eigenvalue weighted by Gasteiger charge is 2.22. The van der Waals surface area contributed by atoms with E-state index in [-0.39, 0.29) is 24.0 Å². The third-order valence-electron chi connectivity index (χ3n) is 2.83. The van der Waals surface area contributed by atoms with Crippen LogP contribution >= 0.6 is 0 Å². The SMILES string of the molecule is CCNC(=O)CN(C)c1nc2ccccn2c1C(=O)O. The molecule has 7 nitrogen and oxygen atoms in total. The van der Waals surface area contributed by atoms with Crippen molar-refractivity contribution in [1.29, 1.82) is 0 Å². The number of imidazole rings is 1. The predicted molar refractivity (Wildman–Crippen MR) is 74.1 cm³/mol. The van der Waals surface area contributed by atoms with Crippen LogP contribution in [0.15, 0.2) is 24.4 Å². The molecule has 2 heterocycles. The summed E-state index contributed by atoms with van der Waals surface area (Å²) in [5.74, 6) is -0.986. The first-order valence-corrected chi connectivity index (χ1v) is 6.22. The third-order valence-corrected chi connectivity index (χ3v) is 2.83. The summed E-state index contributed by atoms with van der Waals surface area (Å²) in [6.45, 7) is 2.41. The Balaban J connectivity index is 2.40. The van der Waals surface area contributed by atoms with Gasteiger partial charge in [0.1, 0.15) is 5.65 Å². The molecule has 7 heteroatoms. The van der Waals surface area contributed by atoms with Gasteiger partial charge in [0.2, 0.25) is 5.91 Å². The van der Waals surface area contributed by atoms with Crippen molar-refractivity contribution < 1.29 is 14.7 Å². The molecule has 0 aliphatic carbocycles. The average Bonchev–Trinajstić information content (AvgIpc) is 2.78. The zero-order valence-corrected chi connectivity index (χ0v) is 11.3. The Morgan fingerprint density at radius 1 is 1.45 bits per heavy atom. The molecule has 0 spiro atoms. The zero-order valence-electron chi connectivity index (χ0n) is 11.3. The van der Waals surface area contributed by atoms with E-state index < -0.39 is 5.97 Å². The molecule has 0 saturated heterocycles. The van der Waals surface area contributed by atoms with E-state index >= 15 is 0 Å². The van der Waals surface area contributed by atoms with Gasteiger partial charge in [0.15, 0.2) is 11.5 Å². The summed E-state index contributed by atoms with van der Waals surface area (Å²) in [5.41, 5.74) is 0.579. The van der Waals surface area contributed by atoms with Crippen molar-refractivity contribution in [2.45, 2.75) is 6.92 Å². The fourth-order valence-corrected chi connectivity index (χ4v) is 1.99. The standard InChI is InChI=1S/C13H16N4O3/c1-3-14-10(18)8-16(2)12-11(13(19)20)17-7-5-4-6-9(17)15-12/h4-7H,3,8H2,1-2H3,(H,14,18)(H,19,20). The predicted octanol–water partition coefficient (Wildman–Crippen LogP) is 0.605. The number of fused-ring (bicyclic) bond motifs is 1. The second-order valence-corrected chi connectivity index (χ2v) is 4.33. The molecule has 0 bridgehead atoms. The number of hydrogen-bond acceptors (Lipinski definition) is 4. The van der Waals surface area contributed by atoms with Crippen LogP contribution < -0.4 is 10.2 Å². The van der Waals surface area contributed by atoms with E-state index in [1.807, 2.05) is 6.92 Å². The van der Waals surface area contributed by atoms with E-state index in [9.17, 15) is 14.7 Å². The van der Waals surface area contributed by atoms with E-state index in [0.29, 0.717) is 12.2 Å². The van der Waals surface area contributed by atoms with Crippen LogP contribution in [0.3, 0.4) is 0 Å². The Hall–Kier alpha value is -2.57. The topological polar surface area (TPSA) is 86.9 Å². The van der Waals surface area contributed by atoms with Crippen LogP contribution in [0, 0.1) is 0 Å². The molecule has 0 saturated carbocycles. The van der Waals surface area contributed by atoms with E-state index in [2.05, 4.69) is 10.3 Å². The summed E-state index contributed by atoms with van der Waals surface area (Å²) in [4.78, 5) is 28.8. The first-order valence-electron chi connectivity index (χ1n) is 6.22. The number of pyridine rings is 1. The Morgan fingerprint density at radius 2 is 2.20 bits per heavy atom. The molecule has 0 aliphatic heterocycles. The van der Waals surface area contributed by atoms with Crippen LogP contribution in [0.4, 0.5) is 5.82 Å². The van der Waals surface area contributed by atoms with Crippen LogP contribution in [-0.2, 0) is 4.79 Å². The number of rotatable bonds is 5. The van der Waals surface area contributed by atoms with Crippen LogP contribution in [-0.4, -0.2) is 46.5 Å². The van der Waals surface area contributed by atoms with Crippen LogP contribution in [0.25, 0.3) is 5.65 Å². The number of likely N-dealkylation sites (N-methyl/N-ethyl adjacent to an activating group) is 2. The van der Waals surface area contributed by atoms with Gasteiger partial charge in [-0.1, -0.05) is 6.07 Å². The first kappa shape index (κ1) is 13.9. The van der Waals surface area contributed by atoms with Gasteiger partial charge in [0.25, 0.3) is 0 Å². The number of carboxylic acid groups (broad SMARTS) is 1. The molecule has 20 heavy (non-hydrogen) atoms. The minimum atomic E-state index is -1.08. The van der Waals surface area contributed by atoms with Crippen LogP contribution in [0.1, 0.15) is 17.4 Å². The number of nitrogens with one attached hydrogen (secondary N) is 1. The molecule has 2 aromatic heterocycles. The van der Waals surface area contributed by atoms with Gasteiger partial charge in [-0.15, -0.1) is 0 Å². The number of carbonyl (C=O) groups is 2. The quantitative estimate of drug-likeness (QED) is 0.835. The van der Waals surface area contributed by atoms with Gasteiger partial charge < -0.3 is 15.3 Å². The molecule has 1 amide bonds. The fourth-order valence-electron chi connectivity index (χ4n) is 1.99. The largest absolute Gasteiger partial charge is 0.476 e. The number of carboxylic acids is 1. The molecule has 0 fully saturated rings. The van der Waals surface area contributed by atoms with Crippen molar-refractivity contribution in [3.05, 3.63) is 30.1 Å². The lowest BCUT2D eigenvalue weighted by Gasteiger charge is -2.16. The number of nitrogens with zero attached hydrogens (tertiary/aromatic N) is 3. The van der Waals surface area contributed by atoms with Crippen LogP contribution in [0.2, 0.25) is 0 Å². The zero-order chi connectivity index (χ0) is 14.7. The van der Waals surface area contributed by atoms with Gasteiger partial charge in [-0.25, -0.2) is 9.78 Å². The van der Waals surface area contributed by atoms with E-state index in [1.54, 1.807) is 31.4 Å². The van der Waals surface area contributed by atoms with Gasteiger partial charge in [-0.05, 0) is 19.1 Å². The van der Waals surface area contributed by atoms with Gasteiger partial charge in [0, 0.05) is 19.8 Å². The van der Waals surface area contributed by atoms with Gasteiger partial charge in [-0.3, -0.25) is 9.20 Å². The number of amides is 1. The maximum atomic E-state index is 11.6. The number of hydrogen-bond donors (Lipinski definition) is 2. The molecule has 106 valence electrons. The molecule has 2 N–H and O–H groups in total. The maximum Gasteiger partial charge on any atom is 0.356 e. The van der Waals surface area contributed by atoms with Crippen molar-refractivity contribution >= 4 is 23.3 Å². The van der Waals surface area contributed by atoms with Gasteiger partial charge >= 0.3 is 5.97 Å². The summed E-state index contributed by atoms with van der Waals surface area (Å²) in [7, 11) is 1.64. The molecule has 0 aromatic carbocycles. The second-order valence-electron chi connectivity index (χ2n) is 4.33. The van der Waals surface area contributed by atoms with Gasteiger partial charge in [0.05, 0.1) is 6.54 Å². The molecule has 2 rings (SSSR count).